The molecule has 2 aliphatic rings. The standard InChI is InChI=1S/C38H34O4Si/c1-37(2,3)43(38(4,5)6)41-32-18-16-24-14-10-11-15-26(24)34(32)35-27-21-29-30(20-25(27)17-19-33(35)42-43)36(40)28(22-31(29)39)23-12-8-7-9-13-23/h7-22H,1-6H3. The maximum absolute atomic E-state index is 13.8. The fraction of sp³-hybridized carbons (Fsp3) is 0.211. The fourth-order valence-corrected chi connectivity index (χ4v) is 11.5. The molecule has 0 aromatic heterocycles. The number of allylic oxidation sites excluding steroid dienone is 2. The Bertz CT molecular complexity index is 2010. The molecule has 43 heavy (non-hydrogen) atoms. The number of benzene rings is 5. The Morgan fingerprint density at radius 3 is 1.81 bits per heavy atom. The van der Waals surface area contributed by atoms with Gasteiger partial charge in [-0.15, -0.1) is 0 Å². The van der Waals surface area contributed by atoms with Gasteiger partial charge in [0.25, 0.3) is 0 Å². The molecule has 0 unspecified atom stereocenters. The molecule has 0 radical (unpaired) electrons. The van der Waals surface area contributed by atoms with Crippen LogP contribution in [0.15, 0.2) is 97.1 Å². The maximum Gasteiger partial charge on any atom is 0.471 e. The van der Waals surface area contributed by atoms with E-state index < -0.39 is 8.56 Å². The number of hydrogen-bond donors (Lipinski definition) is 0. The van der Waals surface area contributed by atoms with Crippen molar-refractivity contribution in [1.29, 1.82) is 0 Å². The molecule has 0 N–H and O–H groups in total. The van der Waals surface area contributed by atoms with Crippen LogP contribution in [0, 0.1) is 0 Å². The predicted octanol–water partition coefficient (Wildman–Crippen LogP) is 9.94. The molecule has 214 valence electrons. The van der Waals surface area contributed by atoms with Crippen molar-refractivity contribution in [2.75, 3.05) is 0 Å². The van der Waals surface area contributed by atoms with Gasteiger partial charge in [0.2, 0.25) is 0 Å². The molecule has 0 fully saturated rings. The van der Waals surface area contributed by atoms with Gasteiger partial charge in [0.05, 0.1) is 0 Å². The first kappa shape index (κ1) is 27.4. The van der Waals surface area contributed by atoms with E-state index >= 15 is 0 Å². The summed E-state index contributed by atoms with van der Waals surface area (Å²) in [5, 5.41) is 3.33. The molecule has 5 aromatic carbocycles. The predicted molar refractivity (Wildman–Crippen MR) is 176 cm³/mol. The largest absolute Gasteiger partial charge is 0.511 e. The Kier molecular flexibility index (Phi) is 5.89. The van der Waals surface area contributed by atoms with Crippen LogP contribution in [-0.4, -0.2) is 20.1 Å². The highest BCUT2D eigenvalue weighted by molar-refractivity contribution is 6.75. The van der Waals surface area contributed by atoms with Gasteiger partial charge in [-0.1, -0.05) is 108 Å². The van der Waals surface area contributed by atoms with Gasteiger partial charge in [0.15, 0.2) is 11.6 Å². The second-order valence-corrected chi connectivity index (χ2v) is 18.3. The number of carbonyl (C=O) groups excluding carboxylic acids is 2. The minimum Gasteiger partial charge on any atom is -0.511 e. The molecule has 7 rings (SSSR count). The summed E-state index contributed by atoms with van der Waals surface area (Å²) in [7, 11) is -3.04. The molecule has 1 aliphatic carbocycles. The van der Waals surface area contributed by atoms with Crippen LogP contribution in [0.5, 0.6) is 11.5 Å². The van der Waals surface area contributed by atoms with Gasteiger partial charge in [0, 0.05) is 37.9 Å². The zero-order valence-electron chi connectivity index (χ0n) is 25.4. The second-order valence-electron chi connectivity index (χ2n) is 13.7. The van der Waals surface area contributed by atoms with Crippen molar-refractivity contribution in [3.8, 4) is 22.6 Å². The Labute approximate surface area is 253 Å². The Balaban J connectivity index is 1.55. The van der Waals surface area contributed by atoms with Gasteiger partial charge in [-0.25, -0.2) is 0 Å². The van der Waals surface area contributed by atoms with Crippen molar-refractivity contribution >= 4 is 47.2 Å². The summed E-state index contributed by atoms with van der Waals surface area (Å²) in [5.74, 6) is 1.21. The van der Waals surface area contributed by atoms with E-state index in [0.29, 0.717) is 16.7 Å². The molecule has 1 aliphatic heterocycles. The van der Waals surface area contributed by atoms with Crippen molar-refractivity contribution in [1.82, 2.24) is 0 Å². The highest BCUT2D eigenvalue weighted by atomic mass is 28.4. The van der Waals surface area contributed by atoms with E-state index in [4.69, 9.17) is 8.85 Å². The molecule has 0 spiro atoms. The highest BCUT2D eigenvalue weighted by Crippen LogP contribution is 2.58. The number of ketones is 2. The van der Waals surface area contributed by atoms with E-state index in [0.717, 1.165) is 49.7 Å². The minimum atomic E-state index is -3.04. The average Bonchev–Trinajstić information content (AvgIpc) is 3.14. The van der Waals surface area contributed by atoms with Crippen molar-refractivity contribution in [2.24, 2.45) is 0 Å². The van der Waals surface area contributed by atoms with Crippen LogP contribution in [0.3, 0.4) is 0 Å². The van der Waals surface area contributed by atoms with Crippen LogP contribution in [0.25, 0.3) is 38.2 Å². The van der Waals surface area contributed by atoms with E-state index in [9.17, 15) is 9.59 Å². The number of rotatable bonds is 1. The third-order valence-corrected chi connectivity index (χ3v) is 13.8. The van der Waals surface area contributed by atoms with Crippen molar-refractivity contribution < 1.29 is 18.4 Å². The molecule has 1 heterocycles. The van der Waals surface area contributed by atoms with E-state index in [1.54, 1.807) is 0 Å². The van der Waals surface area contributed by atoms with E-state index in [-0.39, 0.29) is 21.6 Å². The smallest absolute Gasteiger partial charge is 0.471 e. The van der Waals surface area contributed by atoms with Crippen LogP contribution in [-0.2, 0) is 0 Å². The minimum absolute atomic E-state index is 0.144. The first-order valence-electron chi connectivity index (χ1n) is 14.8. The van der Waals surface area contributed by atoms with E-state index in [1.165, 1.54) is 6.08 Å². The summed E-state index contributed by atoms with van der Waals surface area (Å²) < 4.78 is 14.4. The summed E-state index contributed by atoms with van der Waals surface area (Å²) in [6.07, 6.45) is 1.48. The number of Topliss-reactive ketones (excluding diaryl/α,β-unsaturated/α-hetero) is 1. The molecule has 4 nitrogen and oxygen atoms in total. The van der Waals surface area contributed by atoms with E-state index in [2.05, 4.69) is 65.8 Å². The normalized spacial score (nSPS) is 16.0. The summed E-state index contributed by atoms with van der Waals surface area (Å²) >= 11 is 0. The molecule has 5 aromatic rings. The lowest BCUT2D eigenvalue weighted by Gasteiger charge is -2.47. The van der Waals surface area contributed by atoms with Crippen molar-refractivity contribution in [2.45, 2.75) is 51.6 Å². The first-order valence-corrected chi connectivity index (χ1v) is 16.6. The van der Waals surface area contributed by atoms with Crippen LogP contribution >= 0.6 is 0 Å². The highest BCUT2D eigenvalue weighted by Gasteiger charge is 2.63. The molecule has 5 heteroatoms. The summed E-state index contributed by atoms with van der Waals surface area (Å²) in [6.45, 7) is 13.2. The Morgan fingerprint density at radius 2 is 1.16 bits per heavy atom. The monoisotopic (exact) mass is 582 g/mol. The van der Waals surface area contributed by atoms with Crippen molar-refractivity contribution in [3.05, 3.63) is 114 Å². The summed E-state index contributed by atoms with van der Waals surface area (Å²) in [6, 6.07) is 29.6. The molecular weight excluding hydrogens is 549 g/mol. The molecule has 0 amide bonds. The van der Waals surface area contributed by atoms with Crippen LogP contribution in [0.2, 0.25) is 10.1 Å². The Morgan fingerprint density at radius 1 is 0.581 bits per heavy atom. The first-order chi connectivity index (χ1) is 20.4. The van der Waals surface area contributed by atoms with Gasteiger partial charge in [-0.2, -0.15) is 0 Å². The topological polar surface area (TPSA) is 52.6 Å². The molecule has 0 saturated heterocycles. The van der Waals surface area contributed by atoms with Crippen LogP contribution in [0.4, 0.5) is 0 Å². The lowest BCUT2D eigenvalue weighted by Crippen LogP contribution is -2.62. The molecule has 0 saturated carbocycles. The lowest BCUT2D eigenvalue weighted by molar-refractivity contribution is 0.100. The van der Waals surface area contributed by atoms with Gasteiger partial charge < -0.3 is 8.85 Å². The van der Waals surface area contributed by atoms with Crippen LogP contribution < -0.4 is 8.85 Å². The maximum atomic E-state index is 13.8. The van der Waals surface area contributed by atoms with Gasteiger partial charge in [0.1, 0.15) is 11.5 Å². The van der Waals surface area contributed by atoms with Crippen molar-refractivity contribution in [3.63, 3.8) is 0 Å². The quantitative estimate of drug-likeness (QED) is 0.185. The average molecular weight is 583 g/mol. The van der Waals surface area contributed by atoms with Gasteiger partial charge in [-0.3, -0.25) is 9.59 Å². The number of carbonyl (C=O) groups is 2. The number of hydrogen-bond acceptors (Lipinski definition) is 4. The molecule has 0 bridgehead atoms. The summed E-state index contributed by atoms with van der Waals surface area (Å²) in [4.78, 5) is 27.4. The summed E-state index contributed by atoms with van der Waals surface area (Å²) in [5.41, 5.74) is 3.85. The fourth-order valence-electron chi connectivity index (χ4n) is 7.00. The van der Waals surface area contributed by atoms with E-state index in [1.807, 2.05) is 66.7 Å². The number of fused-ring (bicyclic) bond motifs is 8. The van der Waals surface area contributed by atoms with Gasteiger partial charge >= 0.3 is 8.56 Å². The SMILES string of the molecule is CC(C)(C)[Si]1(C(C)(C)C)Oc2ccc3ccccc3c2-c2c(ccc3cc4c(cc23)C(=O)C=C(c2ccccc2)C4=O)O1. The van der Waals surface area contributed by atoms with Crippen LogP contribution in [0.1, 0.15) is 67.8 Å². The molecular formula is C38H34O4Si. The zero-order valence-corrected chi connectivity index (χ0v) is 26.4. The van der Waals surface area contributed by atoms with Gasteiger partial charge in [-0.05, 0) is 57.4 Å². The third kappa shape index (κ3) is 4.02. The third-order valence-electron chi connectivity index (χ3n) is 8.86. The second kappa shape index (κ2) is 9.26. The Hall–Kier alpha value is -4.48. The molecule has 0 atom stereocenters. The lowest BCUT2D eigenvalue weighted by atomic mass is 9.83. The zero-order chi connectivity index (χ0) is 30.3.